The fraction of sp³-hybridized carbons (Fsp3) is 0.333. The number of rotatable bonds is 4. The molecule has 5 nitrogen and oxygen atoms in total. The van der Waals surface area contributed by atoms with Crippen LogP contribution in [0.5, 0.6) is 0 Å². The normalized spacial score (nSPS) is 14.5. The van der Waals surface area contributed by atoms with E-state index in [4.69, 9.17) is 4.42 Å². The Kier molecular flexibility index (Phi) is 3.67. The average molecular weight is 271 g/mol. The van der Waals surface area contributed by atoms with Crippen molar-refractivity contribution >= 4 is 11.7 Å². The number of hydrogen-bond donors (Lipinski definition) is 1. The molecule has 0 spiro atoms. The molecule has 20 heavy (non-hydrogen) atoms. The van der Waals surface area contributed by atoms with Crippen LogP contribution in [0.3, 0.4) is 0 Å². The van der Waals surface area contributed by atoms with Crippen molar-refractivity contribution in [1.29, 1.82) is 0 Å². The number of anilines is 1. The van der Waals surface area contributed by atoms with E-state index in [1.54, 1.807) is 12.3 Å². The maximum absolute atomic E-state index is 11.8. The molecule has 0 saturated carbocycles. The Morgan fingerprint density at radius 1 is 1.35 bits per heavy atom. The minimum Gasteiger partial charge on any atom is -0.472 e. The third kappa shape index (κ3) is 2.82. The lowest BCUT2D eigenvalue weighted by Gasteiger charge is -2.16. The predicted octanol–water partition coefficient (Wildman–Crippen LogP) is 2.20. The van der Waals surface area contributed by atoms with Crippen LogP contribution in [-0.2, 0) is 6.54 Å². The number of pyridine rings is 1. The molecule has 104 valence electrons. The molecule has 1 N–H and O–H groups in total. The maximum atomic E-state index is 11.8. The highest BCUT2D eigenvalue weighted by Gasteiger charge is 2.13. The van der Waals surface area contributed by atoms with Gasteiger partial charge in [0.25, 0.3) is 5.91 Å². The summed E-state index contributed by atoms with van der Waals surface area (Å²) in [6.07, 6.45) is 7.18. The highest BCUT2D eigenvalue weighted by atomic mass is 16.3. The molecule has 3 rings (SSSR count). The van der Waals surface area contributed by atoms with Gasteiger partial charge in [0.1, 0.15) is 12.1 Å². The van der Waals surface area contributed by atoms with Crippen LogP contribution >= 0.6 is 0 Å². The summed E-state index contributed by atoms with van der Waals surface area (Å²) in [5.41, 5.74) is 1.59. The van der Waals surface area contributed by atoms with Gasteiger partial charge in [-0.3, -0.25) is 4.79 Å². The van der Waals surface area contributed by atoms with Crippen LogP contribution in [0.2, 0.25) is 0 Å². The van der Waals surface area contributed by atoms with Crippen molar-refractivity contribution in [2.24, 2.45) is 0 Å². The van der Waals surface area contributed by atoms with Crippen LogP contribution in [0.15, 0.2) is 41.3 Å². The van der Waals surface area contributed by atoms with Gasteiger partial charge in [-0.05, 0) is 36.6 Å². The second kappa shape index (κ2) is 5.77. The third-order valence-corrected chi connectivity index (χ3v) is 3.48. The summed E-state index contributed by atoms with van der Waals surface area (Å²) in [4.78, 5) is 18.5. The van der Waals surface area contributed by atoms with Gasteiger partial charge >= 0.3 is 0 Å². The third-order valence-electron chi connectivity index (χ3n) is 3.48. The van der Waals surface area contributed by atoms with Crippen LogP contribution in [-0.4, -0.2) is 24.0 Å². The monoisotopic (exact) mass is 271 g/mol. The molecule has 3 heterocycles. The number of hydrogen-bond acceptors (Lipinski definition) is 4. The molecule has 0 radical (unpaired) electrons. The standard InChI is InChI=1S/C15H17N3O2/c19-15(13-4-8-20-11-13)17-10-12-3-5-16-14(9-12)18-6-1-2-7-18/h3-5,8-9,11H,1-2,6-7,10H2,(H,17,19). The number of carbonyl (C=O) groups excluding carboxylic acids is 1. The first-order valence-corrected chi connectivity index (χ1v) is 6.83. The Labute approximate surface area is 117 Å². The number of aromatic nitrogens is 1. The van der Waals surface area contributed by atoms with Crippen LogP contribution in [0.4, 0.5) is 5.82 Å². The first-order valence-electron chi connectivity index (χ1n) is 6.83. The van der Waals surface area contributed by atoms with Crippen molar-refractivity contribution in [3.63, 3.8) is 0 Å². The second-order valence-electron chi connectivity index (χ2n) is 4.91. The molecular weight excluding hydrogens is 254 g/mol. The maximum Gasteiger partial charge on any atom is 0.254 e. The van der Waals surface area contributed by atoms with Gasteiger partial charge in [-0.1, -0.05) is 0 Å². The second-order valence-corrected chi connectivity index (χ2v) is 4.91. The first kappa shape index (κ1) is 12.7. The van der Waals surface area contributed by atoms with Crippen molar-refractivity contribution in [2.45, 2.75) is 19.4 Å². The van der Waals surface area contributed by atoms with E-state index in [-0.39, 0.29) is 5.91 Å². The smallest absolute Gasteiger partial charge is 0.254 e. The van der Waals surface area contributed by atoms with E-state index in [0.717, 1.165) is 24.5 Å². The molecule has 5 heteroatoms. The molecule has 0 bridgehead atoms. The predicted molar refractivity (Wildman–Crippen MR) is 75.6 cm³/mol. The summed E-state index contributed by atoms with van der Waals surface area (Å²) < 4.78 is 4.90. The van der Waals surface area contributed by atoms with E-state index in [1.807, 2.05) is 12.1 Å². The lowest BCUT2D eigenvalue weighted by atomic mass is 10.2. The zero-order chi connectivity index (χ0) is 13.8. The minimum atomic E-state index is -0.127. The fourth-order valence-corrected chi connectivity index (χ4v) is 2.37. The largest absolute Gasteiger partial charge is 0.472 e. The lowest BCUT2D eigenvalue weighted by molar-refractivity contribution is 0.0950. The molecule has 1 saturated heterocycles. The van der Waals surface area contributed by atoms with E-state index in [0.29, 0.717) is 12.1 Å². The quantitative estimate of drug-likeness (QED) is 0.926. The summed E-state index contributed by atoms with van der Waals surface area (Å²) in [5.74, 6) is 0.871. The molecule has 2 aromatic rings. The van der Waals surface area contributed by atoms with Gasteiger partial charge in [-0.25, -0.2) is 4.98 Å². The van der Waals surface area contributed by atoms with Gasteiger partial charge in [0.05, 0.1) is 11.8 Å². The van der Waals surface area contributed by atoms with Gasteiger partial charge < -0.3 is 14.6 Å². The Bertz CT molecular complexity index is 575. The van der Waals surface area contributed by atoms with E-state index in [2.05, 4.69) is 15.2 Å². The van der Waals surface area contributed by atoms with Crippen LogP contribution < -0.4 is 10.2 Å². The molecule has 0 aliphatic carbocycles. The van der Waals surface area contributed by atoms with E-state index in [9.17, 15) is 4.79 Å². The van der Waals surface area contributed by atoms with Crippen LogP contribution in [0.1, 0.15) is 28.8 Å². The number of amides is 1. The molecular formula is C15H17N3O2. The zero-order valence-corrected chi connectivity index (χ0v) is 11.2. The molecule has 0 unspecified atom stereocenters. The highest BCUT2D eigenvalue weighted by molar-refractivity contribution is 5.93. The SMILES string of the molecule is O=C(NCc1ccnc(N2CCCC2)c1)c1ccoc1. The van der Waals surface area contributed by atoms with Crippen molar-refractivity contribution in [3.8, 4) is 0 Å². The fourth-order valence-electron chi connectivity index (χ4n) is 2.37. The molecule has 0 atom stereocenters. The van der Waals surface area contributed by atoms with Gasteiger partial charge in [-0.2, -0.15) is 0 Å². The number of nitrogens with one attached hydrogen (secondary N) is 1. The summed E-state index contributed by atoms with van der Waals surface area (Å²) in [7, 11) is 0. The molecule has 1 aliphatic heterocycles. The van der Waals surface area contributed by atoms with E-state index in [1.165, 1.54) is 25.4 Å². The average Bonchev–Trinajstić information content (AvgIpc) is 3.17. The zero-order valence-electron chi connectivity index (χ0n) is 11.2. The Hall–Kier alpha value is -2.30. The van der Waals surface area contributed by atoms with Gasteiger partial charge in [0.2, 0.25) is 0 Å². The Morgan fingerprint density at radius 3 is 2.95 bits per heavy atom. The van der Waals surface area contributed by atoms with Gasteiger partial charge in [0, 0.05) is 25.8 Å². The van der Waals surface area contributed by atoms with Gasteiger partial charge in [-0.15, -0.1) is 0 Å². The summed E-state index contributed by atoms with van der Waals surface area (Å²) in [6, 6.07) is 5.62. The van der Waals surface area contributed by atoms with Crippen molar-refractivity contribution in [2.75, 3.05) is 18.0 Å². The summed E-state index contributed by atoms with van der Waals surface area (Å²) in [6.45, 7) is 2.63. The van der Waals surface area contributed by atoms with Crippen molar-refractivity contribution in [1.82, 2.24) is 10.3 Å². The topological polar surface area (TPSA) is 58.4 Å². The minimum absolute atomic E-state index is 0.127. The molecule has 0 aromatic carbocycles. The lowest BCUT2D eigenvalue weighted by Crippen LogP contribution is -2.23. The highest BCUT2D eigenvalue weighted by Crippen LogP contribution is 2.18. The first-order chi connectivity index (χ1) is 9.83. The molecule has 1 aliphatic rings. The van der Waals surface area contributed by atoms with Crippen molar-refractivity contribution in [3.05, 3.63) is 48.0 Å². The summed E-state index contributed by atoms with van der Waals surface area (Å²) >= 11 is 0. The number of nitrogens with zero attached hydrogens (tertiary/aromatic N) is 2. The Morgan fingerprint density at radius 2 is 2.20 bits per heavy atom. The molecule has 1 amide bonds. The molecule has 2 aromatic heterocycles. The van der Waals surface area contributed by atoms with Crippen LogP contribution in [0, 0.1) is 0 Å². The Balaban J connectivity index is 1.62. The number of carbonyl (C=O) groups is 1. The molecule has 1 fully saturated rings. The van der Waals surface area contributed by atoms with Gasteiger partial charge in [0.15, 0.2) is 0 Å². The van der Waals surface area contributed by atoms with E-state index >= 15 is 0 Å². The summed E-state index contributed by atoms with van der Waals surface area (Å²) in [5, 5.41) is 2.87. The van der Waals surface area contributed by atoms with E-state index < -0.39 is 0 Å². The number of furan rings is 1. The van der Waals surface area contributed by atoms with Crippen molar-refractivity contribution < 1.29 is 9.21 Å². The van der Waals surface area contributed by atoms with Crippen LogP contribution in [0.25, 0.3) is 0 Å².